The first-order valence-electron chi connectivity index (χ1n) is 6.56. The highest BCUT2D eigenvalue weighted by molar-refractivity contribution is 5.90. The van der Waals surface area contributed by atoms with Crippen molar-refractivity contribution in [2.45, 2.75) is 13.5 Å². The van der Waals surface area contributed by atoms with Crippen LogP contribution in [-0.4, -0.2) is 13.1 Å². The molecule has 0 aliphatic carbocycles. The van der Waals surface area contributed by atoms with Crippen molar-refractivity contribution in [3.63, 3.8) is 0 Å². The standard InChI is InChI=1S/C17H16N2O2/c1-12-3-8-15(17(20)21-2)9-16(12)19-11-14-6-4-13(10-18)5-7-14/h3-9,19H,11H2,1-2H3. The molecule has 0 heterocycles. The van der Waals surface area contributed by atoms with E-state index in [2.05, 4.69) is 11.4 Å². The van der Waals surface area contributed by atoms with Crippen molar-refractivity contribution in [1.29, 1.82) is 5.26 Å². The van der Waals surface area contributed by atoms with Crippen molar-refractivity contribution in [1.82, 2.24) is 0 Å². The normalized spacial score (nSPS) is 9.76. The molecule has 1 N–H and O–H groups in total. The minimum absolute atomic E-state index is 0.351. The summed E-state index contributed by atoms with van der Waals surface area (Å²) >= 11 is 0. The van der Waals surface area contributed by atoms with Crippen LogP contribution >= 0.6 is 0 Å². The lowest BCUT2D eigenvalue weighted by atomic mass is 10.1. The van der Waals surface area contributed by atoms with E-state index < -0.39 is 0 Å². The van der Waals surface area contributed by atoms with Gasteiger partial charge < -0.3 is 10.1 Å². The zero-order chi connectivity index (χ0) is 15.2. The highest BCUT2D eigenvalue weighted by Gasteiger charge is 2.07. The Morgan fingerprint density at radius 3 is 2.57 bits per heavy atom. The topological polar surface area (TPSA) is 62.1 Å². The van der Waals surface area contributed by atoms with Gasteiger partial charge >= 0.3 is 5.97 Å². The zero-order valence-corrected chi connectivity index (χ0v) is 12.0. The number of nitrogens with one attached hydrogen (secondary N) is 1. The molecule has 0 saturated carbocycles. The van der Waals surface area contributed by atoms with E-state index in [1.54, 1.807) is 24.3 Å². The van der Waals surface area contributed by atoms with Gasteiger partial charge in [0, 0.05) is 12.2 Å². The van der Waals surface area contributed by atoms with Crippen LogP contribution in [0.25, 0.3) is 0 Å². The Hall–Kier alpha value is -2.80. The van der Waals surface area contributed by atoms with Crippen LogP contribution in [0.4, 0.5) is 5.69 Å². The molecule has 0 radical (unpaired) electrons. The Morgan fingerprint density at radius 1 is 1.24 bits per heavy atom. The lowest BCUT2D eigenvalue weighted by Gasteiger charge is -2.11. The Labute approximate surface area is 124 Å². The minimum atomic E-state index is -0.351. The largest absolute Gasteiger partial charge is 0.465 e. The van der Waals surface area contributed by atoms with Crippen LogP contribution < -0.4 is 5.32 Å². The van der Waals surface area contributed by atoms with Crippen LogP contribution in [0, 0.1) is 18.3 Å². The second kappa shape index (κ2) is 6.58. The van der Waals surface area contributed by atoms with Crippen molar-refractivity contribution in [2.75, 3.05) is 12.4 Å². The summed E-state index contributed by atoms with van der Waals surface area (Å²) in [5.41, 5.74) is 4.17. The molecule has 4 nitrogen and oxygen atoms in total. The van der Waals surface area contributed by atoms with E-state index in [9.17, 15) is 4.79 Å². The summed E-state index contributed by atoms with van der Waals surface area (Å²) in [6, 6.07) is 14.9. The molecule has 0 bridgehead atoms. The van der Waals surface area contributed by atoms with Crippen molar-refractivity contribution >= 4 is 11.7 Å². The van der Waals surface area contributed by atoms with Gasteiger partial charge in [-0.1, -0.05) is 18.2 Å². The van der Waals surface area contributed by atoms with Crippen molar-refractivity contribution in [3.05, 3.63) is 64.7 Å². The Balaban J connectivity index is 2.11. The fourth-order valence-electron chi connectivity index (χ4n) is 1.95. The van der Waals surface area contributed by atoms with Crippen LogP contribution in [0.1, 0.15) is 27.0 Å². The lowest BCUT2D eigenvalue weighted by Crippen LogP contribution is -2.05. The number of aryl methyl sites for hydroxylation is 1. The molecule has 0 aliphatic rings. The lowest BCUT2D eigenvalue weighted by molar-refractivity contribution is 0.0601. The third-order valence-electron chi connectivity index (χ3n) is 3.22. The monoisotopic (exact) mass is 280 g/mol. The summed E-state index contributed by atoms with van der Waals surface area (Å²) < 4.78 is 4.72. The van der Waals surface area contributed by atoms with Gasteiger partial charge in [-0.2, -0.15) is 5.26 Å². The molecule has 0 aromatic heterocycles. The van der Waals surface area contributed by atoms with Crippen molar-refractivity contribution < 1.29 is 9.53 Å². The van der Waals surface area contributed by atoms with E-state index >= 15 is 0 Å². The predicted molar refractivity (Wildman–Crippen MR) is 81.0 cm³/mol. The highest BCUT2D eigenvalue weighted by Crippen LogP contribution is 2.18. The summed E-state index contributed by atoms with van der Waals surface area (Å²) in [4.78, 5) is 11.5. The molecule has 0 atom stereocenters. The Kier molecular flexibility index (Phi) is 4.57. The molecule has 21 heavy (non-hydrogen) atoms. The number of hydrogen-bond acceptors (Lipinski definition) is 4. The van der Waals surface area contributed by atoms with Crippen LogP contribution in [0.3, 0.4) is 0 Å². The van der Waals surface area contributed by atoms with E-state index in [0.29, 0.717) is 17.7 Å². The molecule has 0 fully saturated rings. The molecule has 2 aromatic rings. The maximum atomic E-state index is 11.5. The summed E-state index contributed by atoms with van der Waals surface area (Å²) in [5.74, 6) is -0.351. The van der Waals surface area contributed by atoms with E-state index in [0.717, 1.165) is 16.8 Å². The maximum Gasteiger partial charge on any atom is 0.337 e. The van der Waals surface area contributed by atoms with Gasteiger partial charge in [0.25, 0.3) is 0 Å². The average molecular weight is 280 g/mol. The van der Waals surface area contributed by atoms with Crippen LogP contribution in [-0.2, 0) is 11.3 Å². The van der Waals surface area contributed by atoms with Gasteiger partial charge in [0.15, 0.2) is 0 Å². The van der Waals surface area contributed by atoms with E-state index in [4.69, 9.17) is 10.00 Å². The number of esters is 1. The third-order valence-corrected chi connectivity index (χ3v) is 3.22. The van der Waals surface area contributed by atoms with Crippen LogP contribution in [0.5, 0.6) is 0 Å². The fourth-order valence-corrected chi connectivity index (χ4v) is 1.95. The number of ether oxygens (including phenoxy) is 1. The molecule has 0 aliphatic heterocycles. The molecule has 106 valence electrons. The van der Waals surface area contributed by atoms with Crippen LogP contribution in [0.2, 0.25) is 0 Å². The molecule has 2 aromatic carbocycles. The SMILES string of the molecule is COC(=O)c1ccc(C)c(NCc2ccc(C#N)cc2)c1. The van der Waals surface area contributed by atoms with Crippen molar-refractivity contribution in [3.8, 4) is 6.07 Å². The first-order chi connectivity index (χ1) is 10.1. The number of carbonyl (C=O) groups excluding carboxylic acids is 1. The molecule has 0 amide bonds. The second-order valence-electron chi connectivity index (χ2n) is 4.68. The number of hydrogen-bond donors (Lipinski definition) is 1. The molecule has 4 heteroatoms. The number of anilines is 1. The zero-order valence-electron chi connectivity index (χ0n) is 12.0. The third kappa shape index (κ3) is 3.61. The number of carbonyl (C=O) groups is 1. The first-order valence-corrected chi connectivity index (χ1v) is 6.56. The molecule has 0 unspecified atom stereocenters. The summed E-state index contributed by atoms with van der Waals surface area (Å²) in [6.45, 7) is 2.60. The number of methoxy groups -OCH3 is 1. The average Bonchev–Trinajstić information content (AvgIpc) is 2.53. The van der Waals surface area contributed by atoms with Gasteiger partial charge in [0.2, 0.25) is 0 Å². The van der Waals surface area contributed by atoms with Gasteiger partial charge in [-0.15, -0.1) is 0 Å². The predicted octanol–water partition coefficient (Wildman–Crippen LogP) is 3.27. The number of nitriles is 1. The molecule has 0 saturated heterocycles. The summed E-state index contributed by atoms with van der Waals surface area (Å²) in [7, 11) is 1.37. The Bertz CT molecular complexity index is 685. The number of nitrogens with zero attached hydrogens (tertiary/aromatic N) is 1. The minimum Gasteiger partial charge on any atom is -0.465 e. The Morgan fingerprint density at radius 2 is 1.95 bits per heavy atom. The molecular formula is C17H16N2O2. The number of rotatable bonds is 4. The first kappa shape index (κ1) is 14.6. The molecule has 0 spiro atoms. The smallest absolute Gasteiger partial charge is 0.337 e. The van der Waals surface area contributed by atoms with E-state index in [-0.39, 0.29) is 5.97 Å². The van der Waals surface area contributed by atoms with E-state index in [1.165, 1.54) is 7.11 Å². The number of benzene rings is 2. The van der Waals surface area contributed by atoms with Gasteiger partial charge in [0.05, 0.1) is 24.3 Å². The highest BCUT2D eigenvalue weighted by atomic mass is 16.5. The maximum absolute atomic E-state index is 11.5. The van der Waals surface area contributed by atoms with Gasteiger partial charge in [-0.05, 0) is 42.3 Å². The quantitative estimate of drug-likeness (QED) is 0.873. The van der Waals surface area contributed by atoms with Gasteiger partial charge in [-0.3, -0.25) is 0 Å². The van der Waals surface area contributed by atoms with Crippen molar-refractivity contribution in [2.24, 2.45) is 0 Å². The van der Waals surface area contributed by atoms with E-state index in [1.807, 2.05) is 25.1 Å². The molecule has 2 rings (SSSR count). The van der Waals surface area contributed by atoms with Gasteiger partial charge in [-0.25, -0.2) is 4.79 Å². The fraction of sp³-hybridized carbons (Fsp3) is 0.176. The summed E-state index contributed by atoms with van der Waals surface area (Å²) in [5, 5.41) is 12.1. The molecular weight excluding hydrogens is 264 g/mol. The summed E-state index contributed by atoms with van der Waals surface area (Å²) in [6.07, 6.45) is 0. The van der Waals surface area contributed by atoms with Gasteiger partial charge in [0.1, 0.15) is 0 Å². The van der Waals surface area contributed by atoms with Crippen LogP contribution in [0.15, 0.2) is 42.5 Å². The second-order valence-corrected chi connectivity index (χ2v) is 4.68.